The number of amides is 1. The first-order valence-electron chi connectivity index (χ1n) is 8.22. The fourth-order valence-electron chi connectivity index (χ4n) is 2.76. The van der Waals surface area contributed by atoms with Crippen LogP contribution >= 0.6 is 11.3 Å². The molecule has 0 saturated heterocycles. The third kappa shape index (κ3) is 3.43. The van der Waals surface area contributed by atoms with E-state index in [1.165, 1.54) is 11.3 Å². The molecule has 0 unspecified atom stereocenters. The number of aromatic nitrogens is 1. The molecule has 1 amide bonds. The second-order valence-corrected chi connectivity index (χ2v) is 6.96. The van der Waals surface area contributed by atoms with Crippen molar-refractivity contribution < 1.29 is 9.90 Å². The van der Waals surface area contributed by atoms with E-state index in [0.717, 1.165) is 20.8 Å². The van der Waals surface area contributed by atoms with Crippen molar-refractivity contribution >= 4 is 33.1 Å². The highest BCUT2D eigenvalue weighted by Crippen LogP contribution is 2.36. The topological polar surface area (TPSA) is 62.2 Å². The maximum Gasteiger partial charge on any atom is 0.228 e. The number of anilines is 1. The molecule has 26 heavy (non-hydrogen) atoms. The molecule has 0 bridgehead atoms. The van der Waals surface area contributed by atoms with Crippen LogP contribution in [0.25, 0.3) is 20.8 Å². The lowest BCUT2D eigenvalue weighted by Gasteiger charge is -2.08. The zero-order valence-electron chi connectivity index (χ0n) is 13.8. The predicted octanol–water partition coefficient (Wildman–Crippen LogP) is 4.85. The van der Waals surface area contributed by atoms with Crippen LogP contribution in [-0.4, -0.2) is 16.0 Å². The number of rotatable bonds is 4. The van der Waals surface area contributed by atoms with Gasteiger partial charge < -0.3 is 10.4 Å². The fraction of sp³-hybridized carbons (Fsp3) is 0.0476. The Balaban J connectivity index is 1.59. The van der Waals surface area contributed by atoms with Gasteiger partial charge in [0.1, 0.15) is 10.8 Å². The van der Waals surface area contributed by atoms with Gasteiger partial charge in [0.2, 0.25) is 5.91 Å². The minimum absolute atomic E-state index is 0.0999. The molecule has 128 valence electrons. The second kappa shape index (κ2) is 6.98. The van der Waals surface area contributed by atoms with Crippen LogP contribution in [0.15, 0.2) is 72.8 Å². The van der Waals surface area contributed by atoms with Crippen LogP contribution in [0.3, 0.4) is 0 Å². The van der Waals surface area contributed by atoms with E-state index in [1.807, 2.05) is 54.6 Å². The average molecular weight is 360 g/mol. The van der Waals surface area contributed by atoms with Gasteiger partial charge in [-0.3, -0.25) is 4.79 Å². The lowest BCUT2D eigenvalue weighted by atomic mass is 10.1. The monoisotopic (exact) mass is 360 g/mol. The highest BCUT2D eigenvalue weighted by molar-refractivity contribution is 7.21. The number of fused-ring (bicyclic) bond motifs is 1. The first-order valence-corrected chi connectivity index (χ1v) is 9.03. The van der Waals surface area contributed by atoms with Gasteiger partial charge in [-0.15, -0.1) is 11.3 Å². The Morgan fingerprint density at radius 3 is 2.58 bits per heavy atom. The number of hydrogen-bond donors (Lipinski definition) is 2. The highest BCUT2D eigenvalue weighted by atomic mass is 32.1. The molecule has 0 spiro atoms. The normalized spacial score (nSPS) is 10.8. The van der Waals surface area contributed by atoms with Crippen molar-refractivity contribution in [1.82, 2.24) is 4.98 Å². The Kier molecular flexibility index (Phi) is 4.37. The van der Waals surface area contributed by atoms with Gasteiger partial charge in [-0.2, -0.15) is 0 Å². The van der Waals surface area contributed by atoms with Crippen LogP contribution < -0.4 is 5.32 Å². The number of benzene rings is 3. The molecule has 4 aromatic rings. The molecular weight excluding hydrogens is 344 g/mol. The number of nitrogens with one attached hydrogen (secondary N) is 1. The molecule has 0 aliphatic heterocycles. The number of phenols is 1. The van der Waals surface area contributed by atoms with E-state index in [4.69, 9.17) is 0 Å². The first kappa shape index (κ1) is 16.3. The predicted molar refractivity (Wildman–Crippen MR) is 105 cm³/mol. The third-order valence-corrected chi connectivity index (χ3v) is 5.08. The average Bonchev–Trinajstić information content (AvgIpc) is 3.08. The summed E-state index contributed by atoms with van der Waals surface area (Å²) in [4.78, 5) is 16.8. The number of carbonyl (C=O) groups is 1. The SMILES string of the molecule is O=C(Cc1ccccc1)Nc1ccc(O)c(-c2nc3ccccc3s2)c1. The Hall–Kier alpha value is -3.18. The minimum Gasteiger partial charge on any atom is -0.507 e. The number of hydrogen-bond acceptors (Lipinski definition) is 4. The van der Waals surface area contributed by atoms with Gasteiger partial charge in [0.05, 0.1) is 22.2 Å². The van der Waals surface area contributed by atoms with Crippen LogP contribution in [0.4, 0.5) is 5.69 Å². The summed E-state index contributed by atoms with van der Waals surface area (Å²) in [6.45, 7) is 0. The molecule has 0 aliphatic carbocycles. The van der Waals surface area contributed by atoms with Crippen LogP contribution in [0.2, 0.25) is 0 Å². The number of carbonyl (C=O) groups excluding carboxylic acids is 1. The van der Waals surface area contributed by atoms with E-state index in [2.05, 4.69) is 10.3 Å². The Morgan fingerprint density at radius 2 is 1.77 bits per heavy atom. The molecule has 4 nitrogen and oxygen atoms in total. The van der Waals surface area contributed by atoms with E-state index >= 15 is 0 Å². The summed E-state index contributed by atoms with van der Waals surface area (Å²) in [5, 5.41) is 13.9. The molecule has 0 fully saturated rings. The molecule has 5 heteroatoms. The minimum atomic E-state index is -0.0999. The van der Waals surface area contributed by atoms with Crippen molar-refractivity contribution in [2.24, 2.45) is 0 Å². The molecule has 4 rings (SSSR count). The van der Waals surface area contributed by atoms with Gasteiger partial charge in [0.25, 0.3) is 0 Å². The standard InChI is InChI=1S/C21H16N2O2S/c24-18-11-10-15(22-20(25)12-14-6-2-1-3-7-14)13-16(18)21-23-17-8-4-5-9-19(17)26-21/h1-11,13,24H,12H2,(H,22,25). The fourth-order valence-corrected chi connectivity index (χ4v) is 3.75. The zero-order valence-corrected chi connectivity index (χ0v) is 14.7. The van der Waals surface area contributed by atoms with Crippen molar-refractivity contribution in [2.75, 3.05) is 5.32 Å². The summed E-state index contributed by atoms with van der Waals surface area (Å²) >= 11 is 1.51. The van der Waals surface area contributed by atoms with Gasteiger partial charge in [-0.1, -0.05) is 42.5 Å². The molecule has 0 aliphatic rings. The van der Waals surface area contributed by atoms with E-state index in [-0.39, 0.29) is 11.7 Å². The number of thiazole rings is 1. The van der Waals surface area contributed by atoms with Gasteiger partial charge in [0.15, 0.2) is 0 Å². The van der Waals surface area contributed by atoms with Crippen LogP contribution in [0, 0.1) is 0 Å². The summed E-state index contributed by atoms with van der Waals surface area (Å²) in [5.41, 5.74) is 3.10. The van der Waals surface area contributed by atoms with Crippen molar-refractivity contribution in [1.29, 1.82) is 0 Å². The Morgan fingerprint density at radius 1 is 1.00 bits per heavy atom. The van der Waals surface area contributed by atoms with Gasteiger partial charge in [-0.25, -0.2) is 4.98 Å². The van der Waals surface area contributed by atoms with Crippen LogP contribution in [-0.2, 0) is 11.2 Å². The number of aromatic hydroxyl groups is 1. The zero-order chi connectivity index (χ0) is 17.9. The molecule has 1 heterocycles. The summed E-state index contributed by atoms with van der Waals surface area (Å²) < 4.78 is 1.06. The molecular formula is C21H16N2O2S. The summed E-state index contributed by atoms with van der Waals surface area (Å²) in [5.74, 6) is 0.0438. The smallest absolute Gasteiger partial charge is 0.228 e. The van der Waals surface area contributed by atoms with Crippen molar-refractivity contribution in [3.63, 3.8) is 0 Å². The first-order chi connectivity index (χ1) is 12.7. The summed E-state index contributed by atoms with van der Waals surface area (Å²) in [7, 11) is 0. The van der Waals surface area contributed by atoms with Crippen LogP contribution in [0.5, 0.6) is 5.75 Å². The lowest BCUT2D eigenvalue weighted by molar-refractivity contribution is -0.115. The Labute approximate surface area is 154 Å². The number of phenolic OH excluding ortho intramolecular Hbond substituents is 1. The van der Waals surface area contributed by atoms with Crippen LogP contribution in [0.1, 0.15) is 5.56 Å². The molecule has 1 aromatic heterocycles. The maximum absolute atomic E-state index is 12.3. The molecule has 0 atom stereocenters. The number of para-hydroxylation sites is 1. The lowest BCUT2D eigenvalue weighted by Crippen LogP contribution is -2.14. The largest absolute Gasteiger partial charge is 0.507 e. The highest BCUT2D eigenvalue weighted by Gasteiger charge is 2.12. The van der Waals surface area contributed by atoms with Gasteiger partial charge in [-0.05, 0) is 35.9 Å². The van der Waals surface area contributed by atoms with Crippen molar-refractivity contribution in [2.45, 2.75) is 6.42 Å². The quantitative estimate of drug-likeness (QED) is 0.511. The van der Waals surface area contributed by atoms with Crippen molar-refractivity contribution in [3.05, 3.63) is 78.4 Å². The molecule has 3 aromatic carbocycles. The summed E-state index contributed by atoms with van der Waals surface area (Å²) in [6.07, 6.45) is 0.304. The second-order valence-electron chi connectivity index (χ2n) is 5.93. The molecule has 0 saturated carbocycles. The van der Waals surface area contributed by atoms with E-state index in [1.54, 1.807) is 18.2 Å². The summed E-state index contributed by atoms with van der Waals surface area (Å²) in [6, 6.07) is 22.5. The number of nitrogens with zero attached hydrogens (tertiary/aromatic N) is 1. The third-order valence-electron chi connectivity index (χ3n) is 4.01. The van der Waals surface area contributed by atoms with Gasteiger partial charge >= 0.3 is 0 Å². The van der Waals surface area contributed by atoms with Gasteiger partial charge in [0, 0.05) is 5.69 Å². The van der Waals surface area contributed by atoms with E-state index in [0.29, 0.717) is 17.7 Å². The maximum atomic E-state index is 12.3. The van der Waals surface area contributed by atoms with E-state index in [9.17, 15) is 9.90 Å². The van der Waals surface area contributed by atoms with E-state index < -0.39 is 0 Å². The Bertz CT molecular complexity index is 1040. The molecule has 0 radical (unpaired) electrons. The molecule has 2 N–H and O–H groups in total. The van der Waals surface area contributed by atoms with Crippen molar-refractivity contribution in [3.8, 4) is 16.3 Å².